The van der Waals surface area contributed by atoms with Gasteiger partial charge < -0.3 is 15.1 Å². The van der Waals surface area contributed by atoms with Crippen LogP contribution in [0.25, 0.3) is 21.8 Å². The number of carboxylic acids is 1. The highest BCUT2D eigenvalue weighted by molar-refractivity contribution is 7.89. The molecule has 2 aromatic heterocycles. The summed E-state index contributed by atoms with van der Waals surface area (Å²) in [5, 5.41) is 10.1. The number of aromatic nitrogens is 2. The minimum Gasteiger partial charge on any atom is -0.481 e. The van der Waals surface area contributed by atoms with Crippen molar-refractivity contribution < 1.29 is 18.3 Å². The molecule has 28 heavy (non-hydrogen) atoms. The number of benzene rings is 1. The predicted octanol–water partition coefficient (Wildman–Crippen LogP) is 2.20. The van der Waals surface area contributed by atoms with Crippen LogP contribution in [0.3, 0.4) is 0 Å². The molecular formula is C19H21N3O5S. The summed E-state index contributed by atoms with van der Waals surface area (Å²) in [5.74, 6) is -0.876. The number of nitrogens with zero attached hydrogens (tertiary/aromatic N) is 1. The molecule has 0 saturated heterocycles. The number of rotatable bonds is 7. The van der Waals surface area contributed by atoms with Gasteiger partial charge in [-0.15, -0.1) is 0 Å². The van der Waals surface area contributed by atoms with Gasteiger partial charge in [0.05, 0.1) is 4.90 Å². The molecule has 8 nitrogen and oxygen atoms in total. The molecule has 1 saturated carbocycles. The summed E-state index contributed by atoms with van der Waals surface area (Å²) in [7, 11) is -2.03. The Hall–Kier alpha value is -2.65. The van der Waals surface area contributed by atoms with Crippen LogP contribution in [0, 0.1) is 0 Å². The monoisotopic (exact) mass is 403 g/mol. The van der Waals surface area contributed by atoms with Crippen LogP contribution in [0.15, 0.2) is 34.1 Å². The van der Waals surface area contributed by atoms with Crippen molar-refractivity contribution in [2.75, 3.05) is 7.05 Å². The standard InChI is InChI=1S/C19H21N3O5S/c1-22(12-5-6-12)28(26,27)13-7-8-15-14(9-13)17-11(3-2-4-16(23)24)10-20-18(17)19(25)21-15/h7-10,12,20H,2-6H2,1H3,(H,21,25)(H,23,24). The van der Waals surface area contributed by atoms with E-state index < -0.39 is 16.0 Å². The zero-order valence-corrected chi connectivity index (χ0v) is 16.2. The lowest BCUT2D eigenvalue weighted by Gasteiger charge is -2.16. The SMILES string of the molecule is CN(C1CC1)S(=O)(=O)c1ccc2[nH]c(=O)c3[nH]cc(CCCC(=O)O)c3c2c1. The number of carbonyl (C=O) groups is 1. The summed E-state index contributed by atoms with van der Waals surface area (Å²) in [5.41, 5.74) is 1.42. The first kappa shape index (κ1) is 18.7. The summed E-state index contributed by atoms with van der Waals surface area (Å²) in [6, 6.07) is 4.76. The van der Waals surface area contributed by atoms with E-state index in [0.717, 1.165) is 18.4 Å². The highest BCUT2D eigenvalue weighted by Gasteiger charge is 2.35. The minimum absolute atomic E-state index is 0.0274. The Labute approximate surface area is 161 Å². The lowest BCUT2D eigenvalue weighted by Crippen LogP contribution is -2.28. The third kappa shape index (κ3) is 3.20. The molecular weight excluding hydrogens is 382 g/mol. The molecule has 1 aliphatic carbocycles. The molecule has 0 amide bonds. The van der Waals surface area contributed by atoms with Gasteiger partial charge in [-0.2, -0.15) is 4.31 Å². The number of hydrogen-bond donors (Lipinski definition) is 3. The van der Waals surface area contributed by atoms with Gasteiger partial charge in [-0.1, -0.05) is 0 Å². The van der Waals surface area contributed by atoms with Crippen molar-refractivity contribution >= 4 is 37.8 Å². The van der Waals surface area contributed by atoms with E-state index in [1.807, 2.05) is 0 Å². The Bertz CT molecular complexity index is 1240. The van der Waals surface area contributed by atoms with Gasteiger partial charge in [-0.25, -0.2) is 8.42 Å². The maximum atomic E-state index is 12.9. The number of sulfonamides is 1. The highest BCUT2D eigenvalue weighted by Crippen LogP contribution is 2.33. The number of pyridine rings is 1. The van der Waals surface area contributed by atoms with E-state index in [-0.39, 0.29) is 22.9 Å². The fraction of sp³-hybridized carbons (Fsp3) is 0.368. The number of H-pyrrole nitrogens is 2. The van der Waals surface area contributed by atoms with E-state index in [2.05, 4.69) is 9.97 Å². The van der Waals surface area contributed by atoms with Crippen LogP contribution in [-0.2, 0) is 21.2 Å². The first-order valence-electron chi connectivity index (χ1n) is 9.15. The van der Waals surface area contributed by atoms with Gasteiger partial charge in [0.15, 0.2) is 0 Å². The highest BCUT2D eigenvalue weighted by atomic mass is 32.2. The molecule has 0 atom stereocenters. The van der Waals surface area contributed by atoms with Gasteiger partial charge >= 0.3 is 5.97 Å². The lowest BCUT2D eigenvalue weighted by molar-refractivity contribution is -0.137. The quantitative estimate of drug-likeness (QED) is 0.558. The van der Waals surface area contributed by atoms with Crippen LogP contribution in [0.1, 0.15) is 31.2 Å². The average Bonchev–Trinajstić information content (AvgIpc) is 3.40. The Morgan fingerprint density at radius 2 is 2.07 bits per heavy atom. The van der Waals surface area contributed by atoms with Crippen LogP contribution < -0.4 is 5.56 Å². The average molecular weight is 403 g/mol. The number of carboxylic acid groups (broad SMARTS) is 1. The predicted molar refractivity (Wildman–Crippen MR) is 105 cm³/mol. The maximum absolute atomic E-state index is 12.9. The fourth-order valence-electron chi connectivity index (χ4n) is 3.56. The molecule has 0 radical (unpaired) electrons. The van der Waals surface area contributed by atoms with Crippen molar-refractivity contribution in [2.45, 2.75) is 43.0 Å². The largest absolute Gasteiger partial charge is 0.481 e. The molecule has 1 aliphatic rings. The first-order chi connectivity index (χ1) is 13.3. The minimum atomic E-state index is -3.62. The Balaban J connectivity index is 1.85. The molecule has 1 fully saturated rings. The molecule has 0 bridgehead atoms. The van der Waals surface area contributed by atoms with E-state index in [1.54, 1.807) is 25.4 Å². The van der Waals surface area contributed by atoms with Crippen molar-refractivity contribution in [1.82, 2.24) is 14.3 Å². The third-order valence-corrected chi connectivity index (χ3v) is 7.18. The van der Waals surface area contributed by atoms with E-state index in [9.17, 15) is 18.0 Å². The van der Waals surface area contributed by atoms with Crippen molar-refractivity contribution in [1.29, 1.82) is 0 Å². The number of hydrogen-bond acceptors (Lipinski definition) is 4. The maximum Gasteiger partial charge on any atom is 0.303 e. The summed E-state index contributed by atoms with van der Waals surface area (Å²) in [4.78, 5) is 29.1. The number of aromatic amines is 2. The van der Waals surface area contributed by atoms with E-state index >= 15 is 0 Å². The van der Waals surface area contributed by atoms with Crippen LogP contribution >= 0.6 is 0 Å². The molecule has 3 aromatic rings. The molecule has 1 aromatic carbocycles. The third-order valence-electron chi connectivity index (χ3n) is 5.27. The normalized spacial score (nSPS) is 14.9. The van der Waals surface area contributed by atoms with E-state index in [4.69, 9.17) is 5.11 Å². The van der Waals surface area contributed by atoms with Gasteiger partial charge in [0.25, 0.3) is 5.56 Å². The van der Waals surface area contributed by atoms with Gasteiger partial charge in [0.2, 0.25) is 10.0 Å². The summed E-state index contributed by atoms with van der Waals surface area (Å²) in [6.45, 7) is 0. The molecule has 0 spiro atoms. The van der Waals surface area contributed by atoms with Gasteiger partial charge in [0.1, 0.15) is 5.52 Å². The summed E-state index contributed by atoms with van der Waals surface area (Å²) in [6.07, 6.45) is 4.36. The smallest absolute Gasteiger partial charge is 0.303 e. The van der Waals surface area contributed by atoms with E-state index in [0.29, 0.717) is 34.6 Å². The van der Waals surface area contributed by atoms with E-state index in [1.165, 1.54) is 10.4 Å². The molecule has 148 valence electrons. The first-order valence-corrected chi connectivity index (χ1v) is 10.6. The zero-order valence-electron chi connectivity index (χ0n) is 15.4. The van der Waals surface area contributed by atoms with Crippen LogP contribution in [0.4, 0.5) is 0 Å². The van der Waals surface area contributed by atoms with Crippen molar-refractivity contribution in [2.24, 2.45) is 0 Å². The number of nitrogens with one attached hydrogen (secondary N) is 2. The van der Waals surface area contributed by atoms with Crippen LogP contribution in [-0.4, -0.2) is 46.9 Å². The second-order valence-corrected chi connectivity index (χ2v) is 9.22. The molecule has 0 unspecified atom stereocenters. The van der Waals surface area contributed by atoms with Crippen molar-refractivity contribution in [3.63, 3.8) is 0 Å². The van der Waals surface area contributed by atoms with Gasteiger partial charge in [-0.05, 0) is 49.4 Å². The Kier molecular flexibility index (Phi) is 4.51. The van der Waals surface area contributed by atoms with Crippen LogP contribution in [0.5, 0.6) is 0 Å². The molecule has 4 rings (SSSR count). The molecule has 2 heterocycles. The zero-order chi connectivity index (χ0) is 20.1. The summed E-state index contributed by atoms with van der Waals surface area (Å²) >= 11 is 0. The fourth-order valence-corrected chi connectivity index (χ4v) is 5.01. The Morgan fingerprint density at radius 3 is 2.75 bits per heavy atom. The second kappa shape index (κ2) is 6.75. The second-order valence-electron chi connectivity index (χ2n) is 7.23. The number of aryl methyl sites for hydroxylation is 1. The summed E-state index contributed by atoms with van der Waals surface area (Å²) < 4.78 is 27.2. The molecule has 0 aliphatic heterocycles. The lowest BCUT2D eigenvalue weighted by atomic mass is 10.0. The molecule has 3 N–H and O–H groups in total. The van der Waals surface area contributed by atoms with Gasteiger partial charge in [-0.3, -0.25) is 9.59 Å². The topological polar surface area (TPSA) is 123 Å². The Morgan fingerprint density at radius 1 is 1.32 bits per heavy atom. The van der Waals surface area contributed by atoms with Crippen molar-refractivity contribution in [3.05, 3.63) is 40.3 Å². The molecule has 9 heteroatoms. The number of fused-ring (bicyclic) bond motifs is 3. The van der Waals surface area contributed by atoms with Crippen LogP contribution in [0.2, 0.25) is 0 Å². The van der Waals surface area contributed by atoms with Crippen molar-refractivity contribution in [3.8, 4) is 0 Å². The number of aliphatic carboxylic acids is 1. The van der Waals surface area contributed by atoms with Gasteiger partial charge in [0, 0.05) is 42.0 Å².